The first-order valence-electron chi connectivity index (χ1n) is 4.73. The van der Waals surface area contributed by atoms with Crippen LogP contribution in [0.4, 0.5) is 0 Å². The van der Waals surface area contributed by atoms with Crippen LogP contribution in [0.5, 0.6) is 0 Å². The Morgan fingerprint density at radius 2 is 0.846 bits per heavy atom. The molecule has 0 aliphatic rings. The van der Waals surface area contributed by atoms with E-state index in [-0.39, 0.29) is 31.1 Å². The third-order valence-corrected chi connectivity index (χ3v) is 0.111. The van der Waals surface area contributed by atoms with E-state index in [0.29, 0.717) is 0 Å². The quantitative estimate of drug-likeness (QED) is 0.437. The molecule has 0 aromatic heterocycles. The van der Waals surface area contributed by atoms with Crippen molar-refractivity contribution >= 4 is 0 Å². The molecule has 0 atom stereocenters. The van der Waals surface area contributed by atoms with Crippen LogP contribution in [0.15, 0.2) is 12.2 Å². The molecule has 13 heavy (non-hydrogen) atoms. The molecule has 0 N–H and O–H groups in total. The molecule has 0 saturated heterocycles. The summed E-state index contributed by atoms with van der Waals surface area (Å²) in [6.45, 7) is 23.9. The SMILES string of the molecule is CC.CC.CC(C)C.[CH-]=CC=[CH-].[U+2]. The van der Waals surface area contributed by atoms with Gasteiger partial charge in [-0.15, -0.1) is 0 Å². The first-order chi connectivity index (χ1) is 5.65. The molecule has 0 radical (unpaired) electrons. The largest absolute Gasteiger partial charge is 2.00 e. The Kier molecular flexibility index (Phi) is 122. The van der Waals surface area contributed by atoms with E-state index in [0.717, 1.165) is 5.92 Å². The van der Waals surface area contributed by atoms with Crippen LogP contribution in [-0.2, 0) is 0 Å². The van der Waals surface area contributed by atoms with Gasteiger partial charge >= 0.3 is 31.1 Å². The maximum Gasteiger partial charge on any atom is 2.00 e. The van der Waals surface area contributed by atoms with Crippen LogP contribution in [0.1, 0.15) is 48.5 Å². The molecule has 0 bridgehead atoms. The molecule has 0 nitrogen and oxygen atoms in total. The minimum Gasteiger partial charge on any atom is -0.394 e. The molecule has 1 heteroatoms. The van der Waals surface area contributed by atoms with Crippen LogP contribution in [-0.4, -0.2) is 0 Å². The van der Waals surface area contributed by atoms with Crippen molar-refractivity contribution in [1.29, 1.82) is 0 Å². The average Bonchev–Trinajstić information content (AvgIpc) is 2.10. The van der Waals surface area contributed by atoms with Gasteiger partial charge in [0.15, 0.2) is 0 Å². The zero-order chi connectivity index (χ0) is 11.0. The molecule has 0 aliphatic heterocycles. The van der Waals surface area contributed by atoms with Crippen molar-refractivity contribution in [2.45, 2.75) is 48.5 Å². The maximum absolute atomic E-state index is 4.72. The van der Waals surface area contributed by atoms with Crippen LogP contribution in [0.3, 0.4) is 0 Å². The van der Waals surface area contributed by atoms with Gasteiger partial charge in [0.1, 0.15) is 0 Å². The van der Waals surface area contributed by atoms with Gasteiger partial charge in [-0.1, -0.05) is 48.5 Å². The third kappa shape index (κ3) is 592. The van der Waals surface area contributed by atoms with Gasteiger partial charge in [-0.25, -0.2) is 0 Å². The van der Waals surface area contributed by atoms with Gasteiger partial charge in [0.2, 0.25) is 0 Å². The Hall–Kier alpha value is 0.532. The Bertz CT molecular complexity index is 47.4. The summed E-state index contributed by atoms with van der Waals surface area (Å²) in [5, 5.41) is 0. The van der Waals surface area contributed by atoms with Crippen LogP contribution in [0.25, 0.3) is 0 Å². The topological polar surface area (TPSA) is 0 Å². The summed E-state index contributed by atoms with van der Waals surface area (Å²) in [7, 11) is 0. The van der Waals surface area contributed by atoms with E-state index < -0.39 is 0 Å². The van der Waals surface area contributed by atoms with Gasteiger partial charge in [0.25, 0.3) is 0 Å². The second kappa shape index (κ2) is 54.5. The van der Waals surface area contributed by atoms with Gasteiger partial charge in [0.05, 0.1) is 0 Å². The van der Waals surface area contributed by atoms with E-state index in [1.807, 2.05) is 27.7 Å². The minimum atomic E-state index is 0. The first-order valence-corrected chi connectivity index (χ1v) is 4.73. The zero-order valence-electron chi connectivity index (χ0n) is 10.4. The van der Waals surface area contributed by atoms with Crippen molar-refractivity contribution in [1.82, 2.24) is 0 Å². The first kappa shape index (κ1) is 29.2. The zero-order valence-corrected chi connectivity index (χ0v) is 14.6. The molecule has 0 aromatic rings. The fourth-order valence-corrected chi connectivity index (χ4v) is 0. The predicted molar refractivity (Wildman–Crippen MR) is 60.9 cm³/mol. The second-order valence-corrected chi connectivity index (χ2v) is 2.12. The fraction of sp³-hybridized carbons (Fsp3) is 0.667. The molecule has 0 aliphatic carbocycles. The molecular weight excluding hydrogens is 382 g/mol. The minimum absolute atomic E-state index is 0. The fourth-order valence-electron chi connectivity index (χ4n) is 0. The number of hydrogen-bond acceptors (Lipinski definition) is 0. The van der Waals surface area contributed by atoms with Gasteiger partial charge in [-0.3, -0.25) is 0 Å². The van der Waals surface area contributed by atoms with Crippen molar-refractivity contribution in [3.05, 3.63) is 25.3 Å². The Morgan fingerprint density at radius 3 is 0.846 bits per heavy atom. The Morgan fingerprint density at radius 1 is 0.769 bits per heavy atom. The van der Waals surface area contributed by atoms with Crippen molar-refractivity contribution < 1.29 is 31.1 Å². The van der Waals surface area contributed by atoms with E-state index in [9.17, 15) is 0 Å². The van der Waals surface area contributed by atoms with Crippen LogP contribution < -0.4 is 0 Å². The molecule has 78 valence electrons. The van der Waals surface area contributed by atoms with E-state index in [4.69, 9.17) is 13.2 Å². The number of hydrogen-bond donors (Lipinski definition) is 0. The molecule has 0 aromatic carbocycles. The Labute approximate surface area is 110 Å². The summed E-state index contributed by atoms with van der Waals surface area (Å²) < 4.78 is 0. The summed E-state index contributed by atoms with van der Waals surface area (Å²) >= 11 is 0. The summed E-state index contributed by atoms with van der Waals surface area (Å²) in [5.74, 6) is 0.833. The summed E-state index contributed by atoms with van der Waals surface area (Å²) in [5.41, 5.74) is 0. The predicted octanol–water partition coefficient (Wildman–Crippen LogP) is 4.68. The molecule has 0 amide bonds. The van der Waals surface area contributed by atoms with Gasteiger partial charge in [-0.05, 0) is 5.92 Å². The van der Waals surface area contributed by atoms with Crippen LogP contribution in [0, 0.1) is 50.2 Å². The molecule has 0 spiro atoms. The number of rotatable bonds is 1. The molecule has 0 rings (SSSR count). The van der Waals surface area contributed by atoms with E-state index >= 15 is 0 Å². The molecule has 0 unspecified atom stereocenters. The Balaban J connectivity index is -0.0000000226. The molecule has 0 heterocycles. The standard InChI is InChI=1S/C4H10.C4H4.2C2H6.U/c1-4(2)3;1-3-4-2;2*1-2;/h4H,1-3H3;1-4H;2*1-2H3;/q;-2;;;+2. The van der Waals surface area contributed by atoms with Crippen LogP contribution >= 0.6 is 0 Å². The summed E-state index contributed by atoms with van der Waals surface area (Å²) in [6, 6.07) is 0. The summed E-state index contributed by atoms with van der Waals surface area (Å²) in [4.78, 5) is 0. The van der Waals surface area contributed by atoms with Gasteiger partial charge < -0.3 is 25.3 Å². The number of allylic oxidation sites excluding steroid dienone is 2. The van der Waals surface area contributed by atoms with Crippen molar-refractivity contribution in [3.8, 4) is 0 Å². The van der Waals surface area contributed by atoms with E-state index in [1.54, 1.807) is 0 Å². The maximum atomic E-state index is 4.72. The molecule has 0 fully saturated rings. The van der Waals surface area contributed by atoms with Crippen molar-refractivity contribution in [2.24, 2.45) is 5.92 Å². The van der Waals surface area contributed by atoms with Crippen molar-refractivity contribution in [3.63, 3.8) is 0 Å². The van der Waals surface area contributed by atoms with Crippen LogP contribution in [0.2, 0.25) is 0 Å². The van der Waals surface area contributed by atoms with E-state index in [1.165, 1.54) is 12.2 Å². The molecular formula is C12H26U. The van der Waals surface area contributed by atoms with Crippen molar-refractivity contribution in [2.75, 3.05) is 0 Å². The summed E-state index contributed by atoms with van der Waals surface area (Å²) in [6.07, 6.45) is 2.56. The average molecular weight is 408 g/mol. The van der Waals surface area contributed by atoms with E-state index in [2.05, 4.69) is 20.8 Å². The monoisotopic (exact) mass is 408 g/mol. The normalized spacial score (nSPS) is 5.23. The smallest absolute Gasteiger partial charge is 0.394 e. The second-order valence-electron chi connectivity index (χ2n) is 2.12. The van der Waals surface area contributed by atoms with Gasteiger partial charge in [0, 0.05) is 0 Å². The van der Waals surface area contributed by atoms with Gasteiger partial charge in [-0.2, -0.15) is 0 Å². The molecule has 0 saturated carbocycles. The third-order valence-electron chi connectivity index (χ3n) is 0.111.